The van der Waals surface area contributed by atoms with E-state index in [-0.39, 0.29) is 6.03 Å². The highest BCUT2D eigenvalue weighted by Gasteiger charge is 2.12. The number of amides is 2. The Kier molecular flexibility index (Phi) is 5.01. The summed E-state index contributed by atoms with van der Waals surface area (Å²) in [6.07, 6.45) is 0.985. The first-order chi connectivity index (χ1) is 11.7. The molecule has 0 bridgehead atoms. The van der Waals surface area contributed by atoms with E-state index in [0.29, 0.717) is 18.0 Å². The lowest BCUT2D eigenvalue weighted by Crippen LogP contribution is -2.24. The minimum Gasteiger partial charge on any atom is -0.492 e. The maximum absolute atomic E-state index is 12.3. The monoisotopic (exact) mass is 325 g/mol. The molecule has 5 heteroatoms. The van der Waals surface area contributed by atoms with E-state index in [4.69, 9.17) is 4.74 Å². The third-order valence-corrected chi connectivity index (χ3v) is 4.03. The Labute approximate surface area is 142 Å². The van der Waals surface area contributed by atoms with Crippen LogP contribution in [0.25, 0.3) is 0 Å². The Morgan fingerprint density at radius 2 is 2.04 bits per heavy atom. The van der Waals surface area contributed by atoms with Crippen LogP contribution < -0.4 is 20.7 Å². The first-order valence-corrected chi connectivity index (χ1v) is 8.29. The zero-order valence-electron chi connectivity index (χ0n) is 14.1. The molecule has 2 aromatic rings. The van der Waals surface area contributed by atoms with Crippen LogP contribution in [0, 0.1) is 6.92 Å². The number of benzene rings is 2. The van der Waals surface area contributed by atoms with Crippen molar-refractivity contribution in [3.05, 3.63) is 53.1 Å². The van der Waals surface area contributed by atoms with Crippen LogP contribution in [-0.4, -0.2) is 19.2 Å². The smallest absolute Gasteiger partial charge is 0.323 e. The van der Waals surface area contributed by atoms with Gasteiger partial charge in [0, 0.05) is 12.2 Å². The van der Waals surface area contributed by atoms with Gasteiger partial charge in [-0.2, -0.15) is 0 Å². The second kappa shape index (κ2) is 7.36. The molecule has 24 heavy (non-hydrogen) atoms. The van der Waals surface area contributed by atoms with Gasteiger partial charge in [0.15, 0.2) is 0 Å². The number of ether oxygens (including phenoxy) is 1. The van der Waals surface area contributed by atoms with Crippen molar-refractivity contribution >= 4 is 17.4 Å². The summed E-state index contributed by atoms with van der Waals surface area (Å²) >= 11 is 0. The van der Waals surface area contributed by atoms with Crippen molar-refractivity contribution < 1.29 is 9.53 Å². The average molecular weight is 325 g/mol. The highest BCUT2D eigenvalue weighted by molar-refractivity contribution is 6.00. The highest BCUT2D eigenvalue weighted by atomic mass is 16.5. The van der Waals surface area contributed by atoms with Crippen molar-refractivity contribution in [1.82, 2.24) is 5.32 Å². The van der Waals surface area contributed by atoms with Crippen molar-refractivity contribution in [1.29, 1.82) is 0 Å². The summed E-state index contributed by atoms with van der Waals surface area (Å²) in [6.45, 7) is 6.33. The molecule has 1 aliphatic rings. The molecule has 0 fully saturated rings. The van der Waals surface area contributed by atoms with Crippen molar-refractivity contribution in [3.63, 3.8) is 0 Å². The van der Waals surface area contributed by atoms with Gasteiger partial charge in [-0.1, -0.05) is 12.1 Å². The van der Waals surface area contributed by atoms with Crippen LogP contribution in [0.1, 0.15) is 23.6 Å². The summed E-state index contributed by atoms with van der Waals surface area (Å²) in [7, 11) is 0. The number of aryl methyl sites for hydroxylation is 1. The van der Waals surface area contributed by atoms with E-state index in [0.717, 1.165) is 30.8 Å². The summed E-state index contributed by atoms with van der Waals surface area (Å²) in [4.78, 5) is 12.3. The Morgan fingerprint density at radius 3 is 2.88 bits per heavy atom. The Hall–Kier alpha value is -2.53. The first-order valence-electron chi connectivity index (χ1n) is 8.29. The summed E-state index contributed by atoms with van der Waals surface area (Å²) < 4.78 is 5.57. The average Bonchev–Trinajstić information content (AvgIpc) is 2.57. The van der Waals surface area contributed by atoms with Crippen molar-refractivity contribution in [2.24, 2.45) is 0 Å². The van der Waals surface area contributed by atoms with Crippen molar-refractivity contribution in [2.75, 3.05) is 23.8 Å². The minimum absolute atomic E-state index is 0.268. The predicted octanol–water partition coefficient (Wildman–Crippen LogP) is 3.68. The second-order valence-corrected chi connectivity index (χ2v) is 5.92. The lowest BCUT2D eigenvalue weighted by atomic mass is 10.0. The molecular weight excluding hydrogens is 302 g/mol. The fourth-order valence-electron chi connectivity index (χ4n) is 2.86. The number of carbonyl (C=O) groups excluding carboxylic acids is 1. The maximum atomic E-state index is 12.3. The van der Waals surface area contributed by atoms with Gasteiger partial charge in [-0.15, -0.1) is 0 Å². The van der Waals surface area contributed by atoms with E-state index in [9.17, 15) is 4.79 Å². The molecule has 0 saturated heterocycles. The zero-order valence-corrected chi connectivity index (χ0v) is 14.1. The van der Waals surface area contributed by atoms with Crippen LogP contribution in [0.5, 0.6) is 5.75 Å². The molecule has 0 atom stereocenters. The number of anilines is 2. The van der Waals surface area contributed by atoms with Crippen LogP contribution in [-0.2, 0) is 13.0 Å². The quantitative estimate of drug-likeness (QED) is 0.803. The first kappa shape index (κ1) is 16.3. The van der Waals surface area contributed by atoms with Crippen molar-refractivity contribution in [2.45, 2.75) is 26.8 Å². The molecule has 0 spiro atoms. The molecule has 2 aromatic carbocycles. The highest BCUT2D eigenvalue weighted by Crippen LogP contribution is 2.26. The Bertz CT molecular complexity index is 743. The van der Waals surface area contributed by atoms with E-state index in [2.05, 4.69) is 28.1 Å². The molecule has 1 heterocycles. The largest absolute Gasteiger partial charge is 0.492 e. The standard InChI is InChI=1S/C19H23N3O2/c1-3-24-18-7-4-13(2)10-17(18)22-19(23)21-16-6-5-15-12-20-9-8-14(15)11-16/h4-7,10-11,20H,3,8-9,12H2,1-2H3,(H2,21,22,23). The lowest BCUT2D eigenvalue weighted by molar-refractivity contribution is 0.262. The third-order valence-electron chi connectivity index (χ3n) is 4.03. The number of rotatable bonds is 4. The van der Waals surface area contributed by atoms with Crippen LogP contribution in [0.4, 0.5) is 16.2 Å². The van der Waals surface area contributed by atoms with E-state index in [1.54, 1.807) is 0 Å². The molecule has 1 aliphatic heterocycles. The number of hydrogen-bond donors (Lipinski definition) is 3. The third kappa shape index (κ3) is 3.86. The van der Waals surface area contributed by atoms with Crippen LogP contribution >= 0.6 is 0 Å². The van der Waals surface area contributed by atoms with Gasteiger partial charge in [0.1, 0.15) is 5.75 Å². The SMILES string of the molecule is CCOc1ccc(C)cc1NC(=O)Nc1ccc2c(c1)CCNC2. The van der Waals surface area contributed by atoms with Gasteiger partial charge in [0.25, 0.3) is 0 Å². The van der Waals surface area contributed by atoms with Gasteiger partial charge in [-0.3, -0.25) is 0 Å². The van der Waals surface area contributed by atoms with Crippen LogP contribution in [0.2, 0.25) is 0 Å². The molecule has 0 saturated carbocycles. The number of carbonyl (C=O) groups is 1. The fourth-order valence-corrected chi connectivity index (χ4v) is 2.86. The van der Waals surface area contributed by atoms with Crippen LogP contribution in [0.3, 0.4) is 0 Å². The minimum atomic E-state index is -0.268. The molecule has 3 N–H and O–H groups in total. The Balaban J connectivity index is 1.71. The summed E-state index contributed by atoms with van der Waals surface area (Å²) in [5.74, 6) is 0.676. The molecule has 0 unspecified atom stereocenters. The number of urea groups is 1. The van der Waals surface area contributed by atoms with E-state index in [1.165, 1.54) is 11.1 Å². The molecule has 0 aromatic heterocycles. The van der Waals surface area contributed by atoms with E-state index < -0.39 is 0 Å². The van der Waals surface area contributed by atoms with Gasteiger partial charge < -0.3 is 20.7 Å². The van der Waals surface area contributed by atoms with Gasteiger partial charge in [0.05, 0.1) is 12.3 Å². The lowest BCUT2D eigenvalue weighted by Gasteiger charge is -2.18. The number of nitrogens with one attached hydrogen (secondary N) is 3. The van der Waals surface area contributed by atoms with Gasteiger partial charge in [-0.25, -0.2) is 4.79 Å². The molecule has 2 amide bonds. The van der Waals surface area contributed by atoms with Gasteiger partial charge in [-0.05, 0) is 67.8 Å². The van der Waals surface area contributed by atoms with E-state index in [1.807, 2.05) is 38.1 Å². The molecule has 5 nitrogen and oxygen atoms in total. The molecular formula is C19H23N3O2. The fraction of sp³-hybridized carbons (Fsp3) is 0.316. The second-order valence-electron chi connectivity index (χ2n) is 5.92. The molecule has 3 rings (SSSR count). The number of fused-ring (bicyclic) bond motifs is 1. The maximum Gasteiger partial charge on any atom is 0.323 e. The van der Waals surface area contributed by atoms with E-state index >= 15 is 0 Å². The predicted molar refractivity (Wildman–Crippen MR) is 96.8 cm³/mol. The summed E-state index contributed by atoms with van der Waals surface area (Å²) in [5, 5.41) is 9.12. The number of hydrogen-bond acceptors (Lipinski definition) is 3. The normalized spacial score (nSPS) is 13.1. The van der Waals surface area contributed by atoms with Crippen LogP contribution in [0.15, 0.2) is 36.4 Å². The summed E-state index contributed by atoms with van der Waals surface area (Å²) in [5.41, 5.74) is 5.13. The summed E-state index contributed by atoms with van der Waals surface area (Å²) in [6, 6.07) is 11.5. The van der Waals surface area contributed by atoms with Gasteiger partial charge >= 0.3 is 6.03 Å². The molecule has 126 valence electrons. The zero-order chi connectivity index (χ0) is 16.9. The topological polar surface area (TPSA) is 62.4 Å². The Morgan fingerprint density at radius 1 is 1.17 bits per heavy atom. The van der Waals surface area contributed by atoms with Crippen molar-refractivity contribution in [3.8, 4) is 5.75 Å². The molecule has 0 aliphatic carbocycles. The molecule has 0 radical (unpaired) electrons. The van der Waals surface area contributed by atoms with Gasteiger partial charge in [0.2, 0.25) is 0 Å².